The van der Waals surface area contributed by atoms with E-state index >= 15 is 0 Å². The van der Waals surface area contributed by atoms with E-state index in [1.54, 1.807) is 0 Å². The van der Waals surface area contributed by atoms with Crippen LogP contribution in [0.4, 0.5) is 0 Å². The lowest BCUT2D eigenvalue weighted by Gasteiger charge is -2.40. The molecule has 34 heavy (non-hydrogen) atoms. The number of unbranched alkanes of at least 4 members (excludes halogenated alkanes) is 13. The second-order valence-corrected chi connectivity index (χ2v) is 9.84. The minimum absolute atomic E-state index is 0.102. The zero-order chi connectivity index (χ0) is 25.0. The second kappa shape index (κ2) is 20.8. The van der Waals surface area contributed by atoms with Crippen molar-refractivity contribution in [2.75, 3.05) is 33.0 Å². The van der Waals surface area contributed by atoms with Gasteiger partial charge in [-0.1, -0.05) is 90.4 Å². The number of aliphatic hydroxyl groups is 4. The summed E-state index contributed by atoms with van der Waals surface area (Å²) in [7, 11) is 0. The maximum Gasteiger partial charge on any atom is 0.175 e. The van der Waals surface area contributed by atoms with Gasteiger partial charge in [0.15, 0.2) is 6.29 Å². The van der Waals surface area contributed by atoms with Crippen molar-refractivity contribution in [3.8, 4) is 0 Å². The predicted molar refractivity (Wildman–Crippen MR) is 133 cm³/mol. The Morgan fingerprint density at radius 3 is 1.79 bits per heavy atom. The van der Waals surface area contributed by atoms with Crippen LogP contribution in [-0.2, 0) is 14.2 Å². The molecule has 2 unspecified atom stereocenters. The summed E-state index contributed by atoms with van der Waals surface area (Å²) in [6, 6.07) is -0.936. The molecule has 0 aromatic carbocycles. The lowest BCUT2D eigenvalue weighted by molar-refractivity contribution is -0.269. The SMILES string of the molecule is CCCCCCCCCCCCCCCCOC[C@@H](CO)CO[C@@H]1OC(CO)[C@@H](O)[C@H](O)C1N. The van der Waals surface area contributed by atoms with Crippen molar-refractivity contribution in [2.45, 2.75) is 127 Å². The molecule has 1 fully saturated rings. The van der Waals surface area contributed by atoms with Crippen molar-refractivity contribution >= 4 is 0 Å². The van der Waals surface area contributed by atoms with Crippen molar-refractivity contribution in [3.05, 3.63) is 0 Å². The zero-order valence-corrected chi connectivity index (χ0v) is 21.5. The highest BCUT2D eigenvalue weighted by atomic mass is 16.7. The summed E-state index contributed by atoms with van der Waals surface area (Å²) >= 11 is 0. The molecule has 1 saturated heterocycles. The highest BCUT2D eigenvalue weighted by Crippen LogP contribution is 2.21. The Bertz CT molecular complexity index is 455. The summed E-state index contributed by atoms with van der Waals surface area (Å²) in [5.41, 5.74) is 5.86. The molecule has 1 heterocycles. The van der Waals surface area contributed by atoms with Gasteiger partial charge in [0.2, 0.25) is 0 Å². The molecular weight excluding hydrogens is 438 g/mol. The van der Waals surface area contributed by atoms with Gasteiger partial charge < -0.3 is 40.4 Å². The Hall–Kier alpha value is -0.320. The first kappa shape index (κ1) is 31.7. The van der Waals surface area contributed by atoms with Crippen LogP contribution < -0.4 is 5.73 Å². The Morgan fingerprint density at radius 2 is 1.29 bits per heavy atom. The Kier molecular flexibility index (Phi) is 19.4. The molecular formula is C26H53NO7. The van der Waals surface area contributed by atoms with Gasteiger partial charge in [0.05, 0.1) is 32.5 Å². The molecule has 1 rings (SSSR count). The van der Waals surface area contributed by atoms with Crippen LogP contribution in [0.25, 0.3) is 0 Å². The minimum Gasteiger partial charge on any atom is -0.396 e. The van der Waals surface area contributed by atoms with E-state index in [1.165, 1.54) is 77.0 Å². The fourth-order valence-corrected chi connectivity index (χ4v) is 4.29. The van der Waals surface area contributed by atoms with Crippen LogP contribution >= 0.6 is 0 Å². The van der Waals surface area contributed by atoms with E-state index in [0.29, 0.717) is 13.2 Å². The van der Waals surface area contributed by atoms with E-state index in [1.807, 2.05) is 0 Å². The Morgan fingerprint density at radius 1 is 0.765 bits per heavy atom. The molecule has 1 aliphatic rings. The van der Waals surface area contributed by atoms with Crippen molar-refractivity contribution in [2.24, 2.45) is 11.7 Å². The lowest BCUT2D eigenvalue weighted by Crippen LogP contribution is -2.62. The third-order valence-electron chi connectivity index (χ3n) is 6.68. The van der Waals surface area contributed by atoms with Gasteiger partial charge in [-0.05, 0) is 6.42 Å². The average Bonchev–Trinajstić information content (AvgIpc) is 2.85. The van der Waals surface area contributed by atoms with Crippen molar-refractivity contribution in [3.63, 3.8) is 0 Å². The van der Waals surface area contributed by atoms with E-state index < -0.39 is 37.3 Å². The molecule has 0 spiro atoms. The molecule has 1 aliphatic heterocycles. The fourth-order valence-electron chi connectivity index (χ4n) is 4.29. The monoisotopic (exact) mass is 491 g/mol. The number of hydrogen-bond acceptors (Lipinski definition) is 8. The third kappa shape index (κ3) is 13.7. The molecule has 204 valence electrons. The van der Waals surface area contributed by atoms with Gasteiger partial charge in [-0.25, -0.2) is 0 Å². The molecule has 0 saturated carbocycles. The molecule has 0 aliphatic carbocycles. The molecule has 0 radical (unpaired) electrons. The van der Waals surface area contributed by atoms with Gasteiger partial charge in [-0.15, -0.1) is 0 Å². The molecule has 8 nitrogen and oxygen atoms in total. The van der Waals surface area contributed by atoms with Crippen LogP contribution in [0.15, 0.2) is 0 Å². The zero-order valence-electron chi connectivity index (χ0n) is 21.5. The van der Waals surface area contributed by atoms with Crippen molar-refractivity contribution in [1.29, 1.82) is 0 Å². The summed E-state index contributed by atoms with van der Waals surface area (Å²) in [5.74, 6) is -0.237. The topological polar surface area (TPSA) is 135 Å². The normalized spacial score (nSPS) is 26.1. The molecule has 0 bridgehead atoms. The van der Waals surface area contributed by atoms with Crippen molar-refractivity contribution in [1.82, 2.24) is 0 Å². The highest BCUT2D eigenvalue weighted by molar-refractivity contribution is 4.91. The fraction of sp³-hybridized carbons (Fsp3) is 1.00. The molecule has 0 aromatic heterocycles. The molecule has 0 aromatic rings. The summed E-state index contributed by atoms with van der Waals surface area (Å²) in [5, 5.41) is 38.6. The molecule has 6 N–H and O–H groups in total. The van der Waals surface area contributed by atoms with Crippen LogP contribution in [-0.4, -0.2) is 84.1 Å². The van der Waals surface area contributed by atoms with Crippen LogP contribution in [0.5, 0.6) is 0 Å². The minimum atomic E-state index is -1.26. The lowest BCUT2D eigenvalue weighted by atomic mass is 9.98. The number of ether oxygens (including phenoxy) is 3. The molecule has 8 heteroatoms. The summed E-state index contributed by atoms with van der Waals surface area (Å²) in [4.78, 5) is 0. The Labute approximate surface area is 207 Å². The van der Waals surface area contributed by atoms with Crippen LogP contribution in [0, 0.1) is 5.92 Å². The number of hydrogen-bond donors (Lipinski definition) is 5. The van der Waals surface area contributed by atoms with Gasteiger partial charge in [0, 0.05) is 12.5 Å². The summed E-state index contributed by atoms with van der Waals surface area (Å²) < 4.78 is 16.7. The Balaban J connectivity index is 1.97. The van der Waals surface area contributed by atoms with E-state index in [9.17, 15) is 20.4 Å². The summed E-state index contributed by atoms with van der Waals surface area (Å²) in [6.07, 6.45) is 14.0. The van der Waals surface area contributed by atoms with E-state index in [0.717, 1.165) is 12.8 Å². The maximum absolute atomic E-state index is 9.98. The van der Waals surface area contributed by atoms with Crippen molar-refractivity contribution < 1.29 is 34.6 Å². The first-order valence-electron chi connectivity index (χ1n) is 13.7. The number of nitrogens with two attached hydrogens (primary N) is 1. The smallest absolute Gasteiger partial charge is 0.175 e. The predicted octanol–water partition coefficient (Wildman–Crippen LogP) is 2.88. The second-order valence-electron chi connectivity index (χ2n) is 9.84. The highest BCUT2D eigenvalue weighted by Gasteiger charge is 2.43. The van der Waals surface area contributed by atoms with E-state index in [4.69, 9.17) is 19.9 Å². The van der Waals surface area contributed by atoms with Gasteiger partial charge in [-0.3, -0.25) is 0 Å². The van der Waals surface area contributed by atoms with Crippen LogP contribution in [0.3, 0.4) is 0 Å². The third-order valence-corrected chi connectivity index (χ3v) is 6.68. The molecule has 6 atom stereocenters. The van der Waals surface area contributed by atoms with Gasteiger partial charge in [-0.2, -0.15) is 0 Å². The number of aliphatic hydroxyl groups excluding tert-OH is 4. The molecule has 0 amide bonds. The van der Waals surface area contributed by atoms with Gasteiger partial charge in [0.25, 0.3) is 0 Å². The van der Waals surface area contributed by atoms with E-state index in [2.05, 4.69) is 6.92 Å². The maximum atomic E-state index is 9.98. The van der Waals surface area contributed by atoms with Crippen LogP contribution in [0.1, 0.15) is 96.8 Å². The average molecular weight is 492 g/mol. The quantitative estimate of drug-likeness (QED) is 0.146. The first-order valence-corrected chi connectivity index (χ1v) is 13.7. The van der Waals surface area contributed by atoms with Gasteiger partial charge in [0.1, 0.15) is 18.3 Å². The standard InChI is InChI=1S/C26H53NO7/c1-2-3-4-5-6-7-8-9-10-11-12-13-14-15-16-32-19-21(17-28)20-33-26-23(27)25(31)24(30)22(18-29)34-26/h21-26,28-31H,2-20,27H2,1H3/t21-,22?,23?,24-,25-,26-/m1/s1. The first-order chi connectivity index (χ1) is 16.5. The van der Waals surface area contributed by atoms with E-state index in [-0.39, 0.29) is 19.1 Å². The number of rotatable bonds is 22. The van der Waals surface area contributed by atoms with Gasteiger partial charge >= 0.3 is 0 Å². The largest absolute Gasteiger partial charge is 0.396 e. The summed E-state index contributed by atoms with van der Waals surface area (Å²) in [6.45, 7) is 2.89. The van der Waals surface area contributed by atoms with Crippen LogP contribution in [0.2, 0.25) is 0 Å².